The molecule has 18 heavy (non-hydrogen) atoms. The van der Waals surface area contributed by atoms with Crippen LogP contribution >= 0.6 is 11.8 Å². The molecule has 0 heterocycles. The van der Waals surface area contributed by atoms with Gasteiger partial charge in [0.15, 0.2) is 0 Å². The number of rotatable bonds is 5. The molecule has 0 aromatic heterocycles. The van der Waals surface area contributed by atoms with Gasteiger partial charge in [-0.25, -0.2) is 0 Å². The molecule has 0 unspecified atom stereocenters. The molecule has 0 aliphatic heterocycles. The van der Waals surface area contributed by atoms with Crippen molar-refractivity contribution in [3.63, 3.8) is 0 Å². The quantitative estimate of drug-likeness (QED) is 0.651. The van der Waals surface area contributed by atoms with Crippen LogP contribution in [0.25, 0.3) is 0 Å². The molecular formula is C15H22O2S. The molecule has 1 saturated carbocycles. The summed E-state index contributed by atoms with van der Waals surface area (Å²) in [5, 5.41) is 10.4. The fraction of sp³-hybridized carbons (Fsp3) is 0.600. The summed E-state index contributed by atoms with van der Waals surface area (Å²) >= 11 is 1.62. The predicted octanol–water partition coefficient (Wildman–Crippen LogP) is 3.69. The van der Waals surface area contributed by atoms with Crippen molar-refractivity contribution in [2.45, 2.75) is 48.5 Å². The van der Waals surface area contributed by atoms with Crippen molar-refractivity contribution >= 4 is 11.8 Å². The topological polar surface area (TPSA) is 29.5 Å². The number of aliphatic hydroxyl groups is 1. The van der Waals surface area contributed by atoms with Crippen molar-refractivity contribution in [3.05, 3.63) is 30.3 Å². The molecule has 0 bridgehead atoms. The fourth-order valence-electron chi connectivity index (χ4n) is 2.59. The zero-order chi connectivity index (χ0) is 12.8. The van der Waals surface area contributed by atoms with Crippen LogP contribution in [0.3, 0.4) is 0 Å². The third-order valence-electron chi connectivity index (χ3n) is 3.64. The van der Waals surface area contributed by atoms with Gasteiger partial charge in [0.2, 0.25) is 0 Å². The van der Waals surface area contributed by atoms with Crippen LogP contribution in [-0.4, -0.2) is 23.8 Å². The molecule has 1 aliphatic rings. The lowest BCUT2D eigenvalue weighted by atomic mass is 9.85. The smallest absolute Gasteiger partial charge is 0.133 e. The van der Waals surface area contributed by atoms with Crippen LogP contribution in [0.15, 0.2) is 35.2 Å². The van der Waals surface area contributed by atoms with Crippen molar-refractivity contribution in [1.29, 1.82) is 0 Å². The minimum Gasteiger partial charge on any atom is -0.389 e. The van der Waals surface area contributed by atoms with Gasteiger partial charge in [0.1, 0.15) is 5.44 Å². The highest BCUT2D eigenvalue weighted by Crippen LogP contribution is 2.34. The summed E-state index contributed by atoms with van der Waals surface area (Å²) in [6.07, 6.45) is 5.71. The summed E-state index contributed by atoms with van der Waals surface area (Å²) in [6.45, 7) is 0. The Morgan fingerprint density at radius 1 is 1.17 bits per heavy atom. The van der Waals surface area contributed by atoms with Gasteiger partial charge in [0, 0.05) is 12.0 Å². The summed E-state index contributed by atoms with van der Waals surface area (Å²) in [6, 6.07) is 10.2. The van der Waals surface area contributed by atoms with Gasteiger partial charge in [0.25, 0.3) is 0 Å². The highest BCUT2D eigenvalue weighted by atomic mass is 32.2. The molecule has 1 aromatic carbocycles. The van der Waals surface area contributed by atoms with E-state index in [4.69, 9.17) is 4.74 Å². The van der Waals surface area contributed by atoms with Gasteiger partial charge in [-0.3, -0.25) is 0 Å². The highest BCUT2D eigenvalue weighted by Gasteiger charge is 2.29. The minimum absolute atomic E-state index is 0.157. The maximum atomic E-state index is 10.4. The van der Waals surface area contributed by atoms with E-state index in [0.29, 0.717) is 5.92 Å². The van der Waals surface area contributed by atoms with E-state index in [1.165, 1.54) is 19.3 Å². The molecule has 1 aromatic rings. The molecule has 0 amide bonds. The summed E-state index contributed by atoms with van der Waals surface area (Å²) in [7, 11) is 1.69. The second-order valence-electron chi connectivity index (χ2n) is 4.92. The van der Waals surface area contributed by atoms with Crippen LogP contribution in [-0.2, 0) is 4.74 Å². The van der Waals surface area contributed by atoms with Crippen molar-refractivity contribution in [1.82, 2.24) is 0 Å². The maximum absolute atomic E-state index is 10.4. The summed E-state index contributed by atoms with van der Waals surface area (Å²) in [5.74, 6) is 0.403. The van der Waals surface area contributed by atoms with Gasteiger partial charge in [-0.2, -0.15) is 0 Å². The highest BCUT2D eigenvalue weighted by molar-refractivity contribution is 7.99. The Balaban J connectivity index is 1.94. The number of thioether (sulfide) groups is 1. The lowest BCUT2D eigenvalue weighted by Gasteiger charge is -2.31. The number of ether oxygens (including phenoxy) is 1. The monoisotopic (exact) mass is 266 g/mol. The van der Waals surface area contributed by atoms with Gasteiger partial charge in [-0.05, 0) is 30.9 Å². The molecular weight excluding hydrogens is 244 g/mol. The molecule has 1 aliphatic carbocycles. The molecule has 0 radical (unpaired) electrons. The Labute approximate surface area is 114 Å². The van der Waals surface area contributed by atoms with Gasteiger partial charge in [-0.1, -0.05) is 49.2 Å². The molecule has 100 valence electrons. The predicted molar refractivity (Wildman–Crippen MR) is 75.7 cm³/mol. The molecule has 1 N–H and O–H groups in total. The Morgan fingerprint density at radius 2 is 1.83 bits per heavy atom. The Bertz CT molecular complexity index is 336. The summed E-state index contributed by atoms with van der Waals surface area (Å²) in [4.78, 5) is 1.15. The van der Waals surface area contributed by atoms with E-state index in [0.717, 1.165) is 17.7 Å². The van der Waals surface area contributed by atoms with Crippen LogP contribution in [0.1, 0.15) is 32.1 Å². The Hall–Kier alpha value is -0.510. The van der Waals surface area contributed by atoms with Gasteiger partial charge >= 0.3 is 0 Å². The number of aliphatic hydroxyl groups excluding tert-OH is 1. The van der Waals surface area contributed by atoms with Crippen molar-refractivity contribution < 1.29 is 9.84 Å². The van der Waals surface area contributed by atoms with Crippen LogP contribution in [0, 0.1) is 5.92 Å². The first-order valence-corrected chi connectivity index (χ1v) is 7.62. The molecule has 2 atom stereocenters. The van der Waals surface area contributed by atoms with Crippen LogP contribution in [0.5, 0.6) is 0 Å². The second kappa shape index (κ2) is 7.17. The lowest BCUT2D eigenvalue weighted by molar-refractivity contribution is -0.00496. The Morgan fingerprint density at radius 3 is 2.44 bits per heavy atom. The first-order valence-electron chi connectivity index (χ1n) is 6.74. The molecule has 0 spiro atoms. The van der Waals surface area contributed by atoms with Crippen LogP contribution < -0.4 is 0 Å². The summed E-state index contributed by atoms with van der Waals surface area (Å²) < 4.78 is 5.48. The molecule has 0 saturated heterocycles. The van der Waals surface area contributed by atoms with Gasteiger partial charge in [0.05, 0.1) is 6.10 Å². The first kappa shape index (κ1) is 13.9. The van der Waals surface area contributed by atoms with Crippen LogP contribution in [0.4, 0.5) is 0 Å². The second-order valence-corrected chi connectivity index (χ2v) is 6.10. The standard InChI is InChI=1S/C15H22O2S/c1-17-15(18-13-10-6-3-7-11-13)14(16)12-8-4-2-5-9-12/h3,6-7,10-12,14-16H,2,4-5,8-9H2,1H3/t14-,15+/m1/s1. The number of methoxy groups -OCH3 is 1. The molecule has 2 nitrogen and oxygen atoms in total. The zero-order valence-corrected chi connectivity index (χ0v) is 11.7. The molecule has 1 fully saturated rings. The van der Waals surface area contributed by atoms with Gasteiger partial charge < -0.3 is 9.84 Å². The fourth-order valence-corrected chi connectivity index (χ4v) is 3.63. The molecule has 2 rings (SSSR count). The van der Waals surface area contributed by atoms with E-state index < -0.39 is 0 Å². The zero-order valence-electron chi connectivity index (χ0n) is 10.9. The normalized spacial score (nSPS) is 20.6. The van der Waals surface area contributed by atoms with E-state index in [1.54, 1.807) is 18.9 Å². The van der Waals surface area contributed by atoms with Crippen molar-refractivity contribution in [3.8, 4) is 0 Å². The van der Waals surface area contributed by atoms with Crippen molar-refractivity contribution in [2.75, 3.05) is 7.11 Å². The van der Waals surface area contributed by atoms with E-state index in [1.807, 2.05) is 18.2 Å². The van der Waals surface area contributed by atoms with Crippen LogP contribution in [0.2, 0.25) is 0 Å². The number of hydrogen-bond donors (Lipinski definition) is 1. The third kappa shape index (κ3) is 3.74. The van der Waals surface area contributed by atoms with E-state index in [2.05, 4.69) is 12.1 Å². The average Bonchev–Trinajstić information content (AvgIpc) is 2.46. The summed E-state index contributed by atoms with van der Waals surface area (Å²) in [5.41, 5.74) is -0.157. The van der Waals surface area contributed by atoms with E-state index >= 15 is 0 Å². The minimum atomic E-state index is -0.361. The number of benzene rings is 1. The largest absolute Gasteiger partial charge is 0.389 e. The maximum Gasteiger partial charge on any atom is 0.133 e. The third-order valence-corrected chi connectivity index (χ3v) is 4.89. The van der Waals surface area contributed by atoms with Crippen molar-refractivity contribution in [2.24, 2.45) is 5.92 Å². The SMILES string of the molecule is CO[C@@H](Sc1ccccc1)[C@H](O)C1CCCCC1. The average molecular weight is 266 g/mol. The molecule has 3 heteroatoms. The van der Waals surface area contributed by atoms with E-state index in [9.17, 15) is 5.11 Å². The lowest BCUT2D eigenvalue weighted by Crippen LogP contribution is -2.33. The first-order chi connectivity index (χ1) is 8.81. The van der Waals surface area contributed by atoms with Gasteiger partial charge in [-0.15, -0.1) is 0 Å². The Kier molecular flexibility index (Phi) is 5.54. The van der Waals surface area contributed by atoms with E-state index in [-0.39, 0.29) is 11.5 Å². The number of hydrogen-bond acceptors (Lipinski definition) is 3.